The first-order valence-corrected chi connectivity index (χ1v) is 13.0. The van der Waals surface area contributed by atoms with Gasteiger partial charge < -0.3 is 5.32 Å². The van der Waals surface area contributed by atoms with Crippen molar-refractivity contribution in [3.8, 4) is 0 Å². The molecule has 0 fully saturated rings. The molecule has 1 amide bonds. The first-order chi connectivity index (χ1) is 14.3. The van der Waals surface area contributed by atoms with E-state index in [0.29, 0.717) is 0 Å². The van der Waals surface area contributed by atoms with E-state index in [9.17, 15) is 13.2 Å². The van der Waals surface area contributed by atoms with Crippen molar-refractivity contribution >= 4 is 27.7 Å². The van der Waals surface area contributed by atoms with Gasteiger partial charge in [-0.05, 0) is 79.3 Å². The molecule has 0 saturated heterocycles. The molecule has 2 aromatic rings. The van der Waals surface area contributed by atoms with E-state index < -0.39 is 10.0 Å². The molecule has 0 radical (unpaired) electrons. The maximum Gasteiger partial charge on any atom is 0.243 e. The van der Waals surface area contributed by atoms with Crippen molar-refractivity contribution in [1.82, 2.24) is 9.62 Å². The number of hydrogen-bond donors (Lipinski definition) is 1. The van der Waals surface area contributed by atoms with Crippen LogP contribution in [0.15, 0.2) is 52.3 Å². The predicted molar refractivity (Wildman–Crippen MR) is 122 cm³/mol. The monoisotopic (exact) mass is 446 g/mol. The lowest BCUT2D eigenvalue weighted by molar-refractivity contribution is -0.121. The molecular formula is C23H30N2O3S2. The number of fused-ring (bicyclic) bond motifs is 1. The van der Waals surface area contributed by atoms with Gasteiger partial charge in [-0.2, -0.15) is 4.31 Å². The van der Waals surface area contributed by atoms with E-state index in [2.05, 4.69) is 23.5 Å². The Morgan fingerprint density at radius 2 is 1.77 bits per heavy atom. The molecule has 30 heavy (non-hydrogen) atoms. The summed E-state index contributed by atoms with van der Waals surface area (Å²) in [6.45, 7) is 1.81. The largest absolute Gasteiger partial charge is 0.348 e. The lowest BCUT2D eigenvalue weighted by Crippen LogP contribution is -2.39. The number of nitrogens with zero attached hydrogens (tertiary/aromatic N) is 1. The molecule has 1 atom stereocenters. The third-order valence-corrected chi connectivity index (χ3v) is 8.21. The van der Waals surface area contributed by atoms with Crippen molar-refractivity contribution in [2.24, 2.45) is 0 Å². The number of thioether (sulfide) groups is 1. The van der Waals surface area contributed by atoms with Gasteiger partial charge >= 0.3 is 0 Å². The van der Waals surface area contributed by atoms with Gasteiger partial charge in [-0.25, -0.2) is 8.42 Å². The second kappa shape index (κ2) is 9.98. The third-order valence-electron chi connectivity index (χ3n) is 5.65. The number of nitrogens with one attached hydrogen (secondary N) is 1. The first kappa shape index (κ1) is 22.8. The Morgan fingerprint density at radius 3 is 2.40 bits per heavy atom. The number of benzene rings is 2. The van der Waals surface area contributed by atoms with Crippen molar-refractivity contribution in [1.29, 1.82) is 0 Å². The highest BCUT2D eigenvalue weighted by Gasteiger charge is 2.24. The number of hydrogen-bond acceptors (Lipinski definition) is 4. The molecule has 0 heterocycles. The maximum absolute atomic E-state index is 12.8. The molecule has 1 aliphatic carbocycles. The number of aryl methyl sites for hydroxylation is 2. The van der Waals surface area contributed by atoms with Gasteiger partial charge in [-0.1, -0.05) is 25.1 Å². The smallest absolute Gasteiger partial charge is 0.243 e. The molecule has 3 rings (SSSR count). The minimum Gasteiger partial charge on any atom is -0.348 e. The molecule has 0 spiro atoms. The fourth-order valence-corrected chi connectivity index (χ4v) is 5.38. The number of amides is 1. The lowest BCUT2D eigenvalue weighted by Gasteiger charge is -2.23. The van der Waals surface area contributed by atoms with E-state index in [0.717, 1.165) is 34.0 Å². The zero-order valence-corrected chi connectivity index (χ0v) is 19.5. The highest BCUT2D eigenvalue weighted by atomic mass is 32.2. The zero-order chi connectivity index (χ0) is 21.7. The SMILES string of the molecule is CCC(NC(=O)CN(C)S(=O)(=O)c1ccc(SC)cc1)c1ccc2c(c1)CCCC2. The van der Waals surface area contributed by atoms with Gasteiger partial charge in [-0.3, -0.25) is 4.79 Å². The topological polar surface area (TPSA) is 66.5 Å². The standard InChI is InChI=1S/C23H30N2O3S2/c1-4-22(19-10-9-17-7-5-6-8-18(17)15-19)24-23(26)16-25(2)30(27,28)21-13-11-20(29-3)12-14-21/h9-15,22H,4-8,16H2,1-3H3,(H,24,26). The third kappa shape index (κ3) is 5.25. The number of likely N-dealkylation sites (N-methyl/N-ethyl adjacent to an activating group) is 1. The van der Waals surface area contributed by atoms with Gasteiger partial charge in [0.15, 0.2) is 0 Å². The Kier molecular flexibility index (Phi) is 7.60. The fraction of sp³-hybridized carbons (Fsp3) is 0.435. The normalized spacial score (nSPS) is 14.9. The van der Waals surface area contributed by atoms with Gasteiger partial charge in [0.1, 0.15) is 0 Å². The number of carbonyl (C=O) groups excluding carboxylic acids is 1. The minimum absolute atomic E-state index is 0.123. The van der Waals surface area contributed by atoms with Crippen LogP contribution in [0, 0.1) is 0 Å². The minimum atomic E-state index is -3.72. The van der Waals surface area contributed by atoms with E-state index in [-0.39, 0.29) is 23.4 Å². The van der Waals surface area contributed by atoms with E-state index in [1.165, 1.54) is 31.0 Å². The van der Waals surface area contributed by atoms with Gasteiger partial charge in [0, 0.05) is 11.9 Å². The van der Waals surface area contributed by atoms with Crippen LogP contribution in [0.25, 0.3) is 0 Å². The van der Waals surface area contributed by atoms with Crippen molar-refractivity contribution in [2.75, 3.05) is 19.8 Å². The summed E-state index contributed by atoms with van der Waals surface area (Å²) in [5.74, 6) is -0.300. The maximum atomic E-state index is 12.8. The molecule has 0 bridgehead atoms. The van der Waals surface area contributed by atoms with E-state index in [1.807, 2.05) is 13.2 Å². The molecule has 1 N–H and O–H groups in total. The summed E-state index contributed by atoms with van der Waals surface area (Å²) in [5.41, 5.74) is 3.87. The van der Waals surface area contributed by atoms with Crippen LogP contribution in [-0.2, 0) is 27.7 Å². The van der Waals surface area contributed by atoms with Crippen molar-refractivity contribution in [3.05, 3.63) is 59.2 Å². The Morgan fingerprint density at radius 1 is 1.10 bits per heavy atom. The van der Waals surface area contributed by atoms with E-state index in [1.54, 1.807) is 36.0 Å². The molecule has 5 nitrogen and oxygen atoms in total. The summed E-state index contributed by atoms with van der Waals surface area (Å²) < 4.78 is 26.7. The summed E-state index contributed by atoms with van der Waals surface area (Å²) in [5, 5.41) is 3.01. The zero-order valence-electron chi connectivity index (χ0n) is 17.8. The molecule has 1 aliphatic rings. The average Bonchev–Trinajstić information content (AvgIpc) is 2.77. The fourth-order valence-electron chi connectivity index (χ4n) is 3.85. The Balaban J connectivity index is 1.66. The van der Waals surface area contributed by atoms with E-state index in [4.69, 9.17) is 0 Å². The summed E-state index contributed by atoms with van der Waals surface area (Å²) in [6, 6.07) is 13.1. The van der Waals surface area contributed by atoms with Crippen molar-refractivity contribution < 1.29 is 13.2 Å². The van der Waals surface area contributed by atoms with Gasteiger partial charge in [0.05, 0.1) is 17.5 Å². The van der Waals surface area contributed by atoms with Crippen LogP contribution in [0.5, 0.6) is 0 Å². The van der Waals surface area contributed by atoms with Crippen LogP contribution < -0.4 is 5.32 Å². The highest BCUT2D eigenvalue weighted by molar-refractivity contribution is 7.98. The highest BCUT2D eigenvalue weighted by Crippen LogP contribution is 2.26. The molecule has 2 aromatic carbocycles. The van der Waals surface area contributed by atoms with Gasteiger partial charge in [0.25, 0.3) is 0 Å². The molecule has 0 aliphatic heterocycles. The van der Waals surface area contributed by atoms with Crippen LogP contribution in [0.1, 0.15) is 48.9 Å². The molecule has 7 heteroatoms. The Bertz CT molecular complexity index is 988. The molecular weight excluding hydrogens is 416 g/mol. The summed E-state index contributed by atoms with van der Waals surface area (Å²) in [4.78, 5) is 13.8. The molecule has 0 aromatic heterocycles. The summed E-state index contributed by atoms with van der Waals surface area (Å²) in [7, 11) is -2.27. The van der Waals surface area contributed by atoms with Crippen molar-refractivity contribution in [2.45, 2.75) is 54.9 Å². The molecule has 1 unspecified atom stereocenters. The predicted octanol–water partition coefficient (Wildman–Crippen LogP) is 4.18. The molecule has 0 saturated carbocycles. The number of sulfonamides is 1. The Labute approximate surface area is 184 Å². The van der Waals surface area contributed by atoms with Gasteiger partial charge in [-0.15, -0.1) is 11.8 Å². The van der Waals surface area contributed by atoms with E-state index >= 15 is 0 Å². The van der Waals surface area contributed by atoms with Crippen LogP contribution in [0.4, 0.5) is 0 Å². The van der Waals surface area contributed by atoms with Crippen molar-refractivity contribution in [3.63, 3.8) is 0 Å². The lowest BCUT2D eigenvalue weighted by atomic mass is 9.89. The second-order valence-electron chi connectivity index (χ2n) is 7.70. The molecule has 162 valence electrons. The van der Waals surface area contributed by atoms with Crippen LogP contribution in [0.2, 0.25) is 0 Å². The first-order valence-electron chi connectivity index (χ1n) is 10.4. The second-order valence-corrected chi connectivity index (χ2v) is 10.6. The van der Waals surface area contributed by atoms with Crippen LogP contribution in [-0.4, -0.2) is 38.5 Å². The summed E-state index contributed by atoms with van der Waals surface area (Å²) in [6.07, 6.45) is 7.34. The van der Waals surface area contributed by atoms with Crippen LogP contribution >= 0.6 is 11.8 Å². The number of rotatable bonds is 8. The number of carbonyl (C=O) groups is 1. The Hall–Kier alpha value is -1.83. The van der Waals surface area contributed by atoms with Crippen LogP contribution in [0.3, 0.4) is 0 Å². The quantitative estimate of drug-likeness (QED) is 0.618. The van der Waals surface area contributed by atoms with Gasteiger partial charge in [0.2, 0.25) is 15.9 Å². The average molecular weight is 447 g/mol. The summed E-state index contributed by atoms with van der Waals surface area (Å²) >= 11 is 1.55.